The minimum atomic E-state index is -0.436. The number of halogens is 2. The van der Waals surface area contributed by atoms with Crippen molar-refractivity contribution in [2.75, 3.05) is 17.8 Å². The number of carbonyl (C=O) groups excluding carboxylic acids is 2. The second kappa shape index (κ2) is 8.94. The Labute approximate surface area is 178 Å². The standard InChI is InChI=1S/C21H18Cl2N4O2/c1-3-6-18(28)27(2)26-16-11-12-24-20-13(16)7-4-10-17(20)25-21(29)19-14(22)8-5-9-15(19)23/h3-12H,1-2H3,(H,24,26)(H,25,29)/b6-3+. The number of amides is 2. The molecule has 29 heavy (non-hydrogen) atoms. The third-order valence-corrected chi connectivity index (χ3v) is 4.77. The van der Waals surface area contributed by atoms with E-state index in [1.165, 1.54) is 11.1 Å². The number of hydrazine groups is 1. The fourth-order valence-corrected chi connectivity index (χ4v) is 3.33. The zero-order chi connectivity index (χ0) is 21.0. The number of para-hydroxylation sites is 1. The summed E-state index contributed by atoms with van der Waals surface area (Å²) in [5, 5.41) is 5.43. The van der Waals surface area contributed by atoms with Crippen molar-refractivity contribution in [3.05, 3.63) is 76.4 Å². The number of rotatable bonds is 5. The quantitative estimate of drug-likeness (QED) is 0.434. The molecule has 1 aromatic heterocycles. The SMILES string of the molecule is C/C=C/C(=O)N(C)Nc1ccnc2c(NC(=O)c3c(Cl)cccc3Cl)cccc12. The molecule has 2 N–H and O–H groups in total. The summed E-state index contributed by atoms with van der Waals surface area (Å²) in [5.41, 5.74) is 4.95. The lowest BCUT2D eigenvalue weighted by atomic mass is 10.1. The average molecular weight is 429 g/mol. The van der Waals surface area contributed by atoms with E-state index in [4.69, 9.17) is 23.2 Å². The van der Waals surface area contributed by atoms with Crippen LogP contribution >= 0.6 is 23.2 Å². The Hall–Kier alpha value is -3.09. The van der Waals surface area contributed by atoms with Crippen LogP contribution in [0.15, 0.2) is 60.8 Å². The van der Waals surface area contributed by atoms with Crippen molar-refractivity contribution in [1.29, 1.82) is 0 Å². The number of aromatic nitrogens is 1. The molecular weight excluding hydrogens is 411 g/mol. The highest BCUT2D eigenvalue weighted by Gasteiger charge is 2.17. The molecule has 0 atom stereocenters. The summed E-state index contributed by atoms with van der Waals surface area (Å²) in [6.45, 7) is 1.77. The summed E-state index contributed by atoms with van der Waals surface area (Å²) in [7, 11) is 1.62. The van der Waals surface area contributed by atoms with Crippen molar-refractivity contribution in [3.8, 4) is 0 Å². The molecule has 0 unspecified atom stereocenters. The van der Waals surface area contributed by atoms with Gasteiger partial charge in [-0.1, -0.05) is 47.5 Å². The van der Waals surface area contributed by atoms with Gasteiger partial charge in [0.2, 0.25) is 0 Å². The molecule has 148 valence electrons. The van der Waals surface area contributed by atoms with E-state index < -0.39 is 5.91 Å². The molecule has 3 aromatic rings. The number of hydrogen-bond donors (Lipinski definition) is 2. The van der Waals surface area contributed by atoms with Gasteiger partial charge >= 0.3 is 0 Å². The maximum absolute atomic E-state index is 12.7. The summed E-state index contributed by atoms with van der Waals surface area (Å²) < 4.78 is 0. The molecule has 8 heteroatoms. The Balaban J connectivity index is 1.95. The number of pyridine rings is 1. The van der Waals surface area contributed by atoms with Gasteiger partial charge in [0.1, 0.15) is 0 Å². The number of benzene rings is 2. The average Bonchev–Trinajstić information content (AvgIpc) is 2.68. The Kier molecular flexibility index (Phi) is 6.36. The van der Waals surface area contributed by atoms with Crippen LogP contribution in [0.2, 0.25) is 10.0 Å². The van der Waals surface area contributed by atoms with Crippen LogP contribution in [0.25, 0.3) is 10.9 Å². The van der Waals surface area contributed by atoms with E-state index in [0.717, 1.165) is 5.39 Å². The molecule has 0 aliphatic heterocycles. The lowest BCUT2D eigenvalue weighted by molar-refractivity contribution is -0.123. The third kappa shape index (κ3) is 4.50. The number of fused-ring (bicyclic) bond motifs is 1. The molecule has 2 aromatic carbocycles. The van der Waals surface area contributed by atoms with Gasteiger partial charge in [0.05, 0.1) is 32.5 Å². The Bertz CT molecular complexity index is 1090. The largest absolute Gasteiger partial charge is 0.320 e. The fourth-order valence-electron chi connectivity index (χ4n) is 2.76. The van der Waals surface area contributed by atoms with Gasteiger partial charge in [0.15, 0.2) is 0 Å². The summed E-state index contributed by atoms with van der Waals surface area (Å²) >= 11 is 12.3. The van der Waals surface area contributed by atoms with Crippen molar-refractivity contribution >= 4 is 57.3 Å². The van der Waals surface area contributed by atoms with Crippen molar-refractivity contribution in [2.24, 2.45) is 0 Å². The van der Waals surface area contributed by atoms with E-state index in [1.54, 1.807) is 62.6 Å². The van der Waals surface area contributed by atoms with E-state index >= 15 is 0 Å². The highest BCUT2D eigenvalue weighted by molar-refractivity contribution is 6.40. The van der Waals surface area contributed by atoms with Crippen LogP contribution in [0, 0.1) is 0 Å². The molecule has 0 radical (unpaired) electrons. The smallest absolute Gasteiger partial charge is 0.264 e. The molecule has 0 aliphatic carbocycles. The predicted octanol–water partition coefficient (Wildman–Crippen LogP) is 5.16. The summed E-state index contributed by atoms with van der Waals surface area (Å²) in [6.07, 6.45) is 4.71. The summed E-state index contributed by atoms with van der Waals surface area (Å²) in [6, 6.07) is 12.0. The van der Waals surface area contributed by atoms with Gasteiger partial charge in [-0.15, -0.1) is 0 Å². The minimum Gasteiger partial charge on any atom is -0.320 e. The Morgan fingerprint density at radius 2 is 1.72 bits per heavy atom. The van der Waals surface area contributed by atoms with E-state index in [1.807, 2.05) is 6.07 Å². The van der Waals surface area contributed by atoms with Crippen LogP contribution in [0.3, 0.4) is 0 Å². The zero-order valence-electron chi connectivity index (χ0n) is 15.7. The molecule has 6 nitrogen and oxygen atoms in total. The van der Waals surface area contributed by atoms with Crippen LogP contribution in [-0.2, 0) is 4.79 Å². The number of allylic oxidation sites excluding steroid dienone is 1. The second-order valence-corrected chi connectivity index (χ2v) is 6.93. The van der Waals surface area contributed by atoms with Crippen molar-refractivity contribution in [2.45, 2.75) is 6.92 Å². The number of nitrogens with zero attached hydrogens (tertiary/aromatic N) is 2. The van der Waals surface area contributed by atoms with Gasteiger partial charge in [-0.3, -0.25) is 25.0 Å². The first-order chi connectivity index (χ1) is 13.9. The lowest BCUT2D eigenvalue weighted by Gasteiger charge is -2.19. The van der Waals surface area contributed by atoms with Crippen LogP contribution < -0.4 is 10.7 Å². The molecule has 3 rings (SSSR count). The summed E-state index contributed by atoms with van der Waals surface area (Å²) in [5.74, 6) is -0.635. The summed E-state index contributed by atoms with van der Waals surface area (Å²) in [4.78, 5) is 29.1. The van der Waals surface area contributed by atoms with E-state index in [9.17, 15) is 9.59 Å². The molecule has 2 amide bonds. The van der Waals surface area contributed by atoms with Gasteiger partial charge in [-0.2, -0.15) is 0 Å². The lowest BCUT2D eigenvalue weighted by Crippen LogP contribution is -2.30. The van der Waals surface area contributed by atoms with Crippen LogP contribution in [0.1, 0.15) is 17.3 Å². The van der Waals surface area contributed by atoms with E-state index in [-0.39, 0.29) is 21.5 Å². The first kappa shape index (κ1) is 20.6. The van der Waals surface area contributed by atoms with Gasteiger partial charge in [0, 0.05) is 24.7 Å². The van der Waals surface area contributed by atoms with Gasteiger partial charge < -0.3 is 5.32 Å². The maximum atomic E-state index is 12.7. The van der Waals surface area contributed by atoms with E-state index in [0.29, 0.717) is 16.9 Å². The minimum absolute atomic E-state index is 0.193. The van der Waals surface area contributed by atoms with E-state index in [2.05, 4.69) is 15.7 Å². The number of nitrogens with one attached hydrogen (secondary N) is 2. The molecule has 0 spiro atoms. The van der Waals surface area contributed by atoms with Crippen LogP contribution in [0.5, 0.6) is 0 Å². The normalized spacial score (nSPS) is 10.9. The highest BCUT2D eigenvalue weighted by atomic mass is 35.5. The van der Waals surface area contributed by atoms with Crippen molar-refractivity contribution in [3.63, 3.8) is 0 Å². The fraction of sp³-hybridized carbons (Fsp3) is 0.0952. The number of likely N-dealkylation sites (N-methyl/N-ethyl adjacent to an activating group) is 1. The number of hydrogen-bond acceptors (Lipinski definition) is 4. The topological polar surface area (TPSA) is 74.3 Å². The Morgan fingerprint density at radius 1 is 1.03 bits per heavy atom. The van der Waals surface area contributed by atoms with Crippen molar-refractivity contribution < 1.29 is 9.59 Å². The second-order valence-electron chi connectivity index (χ2n) is 6.12. The number of anilines is 2. The van der Waals surface area contributed by atoms with Gasteiger partial charge in [0.25, 0.3) is 11.8 Å². The molecule has 0 bridgehead atoms. The van der Waals surface area contributed by atoms with Crippen LogP contribution in [0.4, 0.5) is 11.4 Å². The molecular formula is C21H18Cl2N4O2. The zero-order valence-corrected chi connectivity index (χ0v) is 17.3. The molecule has 0 saturated carbocycles. The molecule has 0 saturated heterocycles. The van der Waals surface area contributed by atoms with Crippen LogP contribution in [-0.4, -0.2) is 28.9 Å². The third-order valence-electron chi connectivity index (χ3n) is 4.14. The number of carbonyl (C=O) groups is 2. The Morgan fingerprint density at radius 3 is 2.41 bits per heavy atom. The first-order valence-electron chi connectivity index (χ1n) is 8.72. The molecule has 1 heterocycles. The maximum Gasteiger partial charge on any atom is 0.264 e. The van der Waals surface area contributed by atoms with Gasteiger partial charge in [-0.25, -0.2) is 0 Å². The predicted molar refractivity (Wildman–Crippen MR) is 117 cm³/mol. The van der Waals surface area contributed by atoms with Crippen molar-refractivity contribution in [1.82, 2.24) is 9.99 Å². The molecule has 0 fully saturated rings. The van der Waals surface area contributed by atoms with Gasteiger partial charge in [-0.05, 0) is 31.2 Å². The molecule has 0 aliphatic rings. The first-order valence-corrected chi connectivity index (χ1v) is 9.48. The highest BCUT2D eigenvalue weighted by Crippen LogP contribution is 2.30. The monoisotopic (exact) mass is 428 g/mol.